The van der Waals surface area contributed by atoms with Crippen LogP contribution in [0.25, 0.3) is 6.08 Å². The van der Waals surface area contributed by atoms with Gasteiger partial charge in [-0.15, -0.1) is 0 Å². The summed E-state index contributed by atoms with van der Waals surface area (Å²) in [6, 6.07) is 11.7. The standard InChI is InChI=1S/C25H30O3/c1-7-28-24(26)13-11-19-8-9-21(14-18(19)6)25(27)22-12-10-20(16(2)3)15-23(22)17(4)5/h8-17H,7H2,1-6H3. The Bertz CT molecular complexity index is 889. The zero-order valence-electron chi connectivity index (χ0n) is 17.7. The molecule has 0 N–H and O–H groups in total. The van der Waals surface area contributed by atoms with Crippen LogP contribution in [-0.2, 0) is 9.53 Å². The third-order valence-electron chi connectivity index (χ3n) is 4.83. The van der Waals surface area contributed by atoms with E-state index >= 15 is 0 Å². The molecule has 28 heavy (non-hydrogen) atoms. The van der Waals surface area contributed by atoms with Gasteiger partial charge in [0.05, 0.1) is 6.61 Å². The number of carbonyl (C=O) groups excluding carboxylic acids is 2. The molecule has 148 valence electrons. The van der Waals surface area contributed by atoms with Gasteiger partial charge in [0.2, 0.25) is 0 Å². The Balaban J connectivity index is 2.35. The van der Waals surface area contributed by atoms with Gasteiger partial charge < -0.3 is 4.74 Å². The minimum Gasteiger partial charge on any atom is -0.463 e. The fourth-order valence-corrected chi connectivity index (χ4v) is 3.13. The lowest BCUT2D eigenvalue weighted by Crippen LogP contribution is -2.08. The predicted octanol–water partition coefficient (Wildman–Crippen LogP) is 6.05. The van der Waals surface area contributed by atoms with E-state index in [1.165, 1.54) is 11.6 Å². The van der Waals surface area contributed by atoms with Gasteiger partial charge >= 0.3 is 5.97 Å². The predicted molar refractivity (Wildman–Crippen MR) is 115 cm³/mol. The number of hydrogen-bond donors (Lipinski definition) is 0. The molecule has 0 aliphatic heterocycles. The molecule has 0 heterocycles. The SMILES string of the molecule is CCOC(=O)C=Cc1ccc(C(=O)c2ccc(C(C)C)cc2C(C)C)cc1C. The van der Waals surface area contributed by atoms with Gasteiger partial charge in [0.1, 0.15) is 0 Å². The minimum atomic E-state index is -0.367. The number of hydrogen-bond acceptors (Lipinski definition) is 3. The first kappa shape index (κ1) is 21.6. The maximum absolute atomic E-state index is 13.2. The van der Waals surface area contributed by atoms with Gasteiger partial charge in [0.25, 0.3) is 0 Å². The maximum Gasteiger partial charge on any atom is 0.330 e. The molecule has 0 unspecified atom stereocenters. The summed E-state index contributed by atoms with van der Waals surface area (Å²) in [4.78, 5) is 24.7. The molecule has 0 atom stereocenters. The summed E-state index contributed by atoms with van der Waals surface area (Å²) in [7, 11) is 0. The molecule has 2 aromatic rings. The molecular weight excluding hydrogens is 348 g/mol. The Labute approximate surface area is 168 Å². The Hall–Kier alpha value is -2.68. The topological polar surface area (TPSA) is 43.4 Å². The molecule has 2 rings (SSSR count). The fourth-order valence-electron chi connectivity index (χ4n) is 3.13. The highest BCUT2D eigenvalue weighted by Crippen LogP contribution is 2.27. The third-order valence-corrected chi connectivity index (χ3v) is 4.83. The number of ether oxygens (including phenoxy) is 1. The van der Waals surface area contributed by atoms with Crippen molar-refractivity contribution >= 4 is 17.8 Å². The van der Waals surface area contributed by atoms with Crippen LogP contribution >= 0.6 is 0 Å². The van der Waals surface area contributed by atoms with E-state index in [1.807, 2.05) is 37.3 Å². The molecule has 2 aromatic carbocycles. The molecular formula is C25H30O3. The lowest BCUT2D eigenvalue weighted by atomic mass is 9.88. The normalized spacial score (nSPS) is 11.4. The van der Waals surface area contributed by atoms with Crippen LogP contribution in [0.2, 0.25) is 0 Å². The van der Waals surface area contributed by atoms with E-state index in [9.17, 15) is 9.59 Å². The highest BCUT2D eigenvalue weighted by molar-refractivity contribution is 6.10. The van der Waals surface area contributed by atoms with Crippen molar-refractivity contribution in [1.29, 1.82) is 0 Å². The molecule has 0 aliphatic rings. The number of carbonyl (C=O) groups is 2. The van der Waals surface area contributed by atoms with Crippen molar-refractivity contribution in [3.8, 4) is 0 Å². The van der Waals surface area contributed by atoms with E-state index < -0.39 is 0 Å². The number of rotatable bonds is 7. The second-order valence-corrected chi connectivity index (χ2v) is 7.64. The third kappa shape index (κ3) is 5.19. The van der Waals surface area contributed by atoms with Gasteiger partial charge in [-0.25, -0.2) is 4.79 Å². The number of aryl methyl sites for hydroxylation is 1. The van der Waals surface area contributed by atoms with Crippen LogP contribution in [0.1, 0.15) is 84.6 Å². The quantitative estimate of drug-likeness (QED) is 0.335. The fraction of sp³-hybridized carbons (Fsp3) is 0.360. The molecule has 0 spiro atoms. The van der Waals surface area contributed by atoms with Crippen molar-refractivity contribution in [2.75, 3.05) is 6.61 Å². The van der Waals surface area contributed by atoms with Crippen LogP contribution < -0.4 is 0 Å². The summed E-state index contributed by atoms with van der Waals surface area (Å²) in [5, 5.41) is 0. The van der Waals surface area contributed by atoms with E-state index in [1.54, 1.807) is 13.0 Å². The van der Waals surface area contributed by atoms with E-state index in [4.69, 9.17) is 4.74 Å². The summed E-state index contributed by atoms with van der Waals surface area (Å²) < 4.78 is 4.91. The highest BCUT2D eigenvalue weighted by atomic mass is 16.5. The summed E-state index contributed by atoms with van der Waals surface area (Å²) >= 11 is 0. The zero-order chi connectivity index (χ0) is 20.8. The summed E-state index contributed by atoms with van der Waals surface area (Å²) in [5.41, 5.74) is 5.58. The lowest BCUT2D eigenvalue weighted by Gasteiger charge is -2.16. The molecule has 0 bridgehead atoms. The van der Waals surface area contributed by atoms with Gasteiger partial charge in [0, 0.05) is 17.2 Å². The summed E-state index contributed by atoms with van der Waals surface area (Å²) in [5.74, 6) is 0.358. The van der Waals surface area contributed by atoms with Crippen molar-refractivity contribution in [2.45, 2.75) is 53.4 Å². The van der Waals surface area contributed by atoms with Gasteiger partial charge in [-0.05, 0) is 60.1 Å². The molecule has 0 aliphatic carbocycles. The largest absolute Gasteiger partial charge is 0.463 e. The molecule has 0 amide bonds. The smallest absolute Gasteiger partial charge is 0.330 e. The Morgan fingerprint density at radius 1 is 1.00 bits per heavy atom. The average Bonchev–Trinajstić information content (AvgIpc) is 2.66. The van der Waals surface area contributed by atoms with Crippen molar-refractivity contribution in [3.05, 3.63) is 75.9 Å². The number of ketones is 1. The van der Waals surface area contributed by atoms with E-state index in [0.717, 1.165) is 22.3 Å². The highest BCUT2D eigenvalue weighted by Gasteiger charge is 2.17. The zero-order valence-corrected chi connectivity index (χ0v) is 17.7. The summed E-state index contributed by atoms with van der Waals surface area (Å²) in [6.07, 6.45) is 3.13. The maximum atomic E-state index is 13.2. The molecule has 0 saturated carbocycles. The number of benzene rings is 2. The van der Waals surface area contributed by atoms with Gasteiger partial charge in [-0.3, -0.25) is 4.79 Å². The minimum absolute atomic E-state index is 0.0306. The van der Waals surface area contributed by atoms with Crippen LogP contribution in [0.3, 0.4) is 0 Å². The molecule has 3 nitrogen and oxygen atoms in total. The van der Waals surface area contributed by atoms with Gasteiger partial charge in [-0.1, -0.05) is 58.0 Å². The molecule has 3 heteroatoms. The molecule has 0 fully saturated rings. The second-order valence-electron chi connectivity index (χ2n) is 7.64. The Morgan fingerprint density at radius 2 is 1.71 bits per heavy atom. The van der Waals surface area contributed by atoms with E-state index in [-0.39, 0.29) is 17.7 Å². The summed E-state index contributed by atoms with van der Waals surface area (Å²) in [6.45, 7) is 12.6. The van der Waals surface area contributed by atoms with Crippen molar-refractivity contribution < 1.29 is 14.3 Å². The monoisotopic (exact) mass is 378 g/mol. The average molecular weight is 379 g/mol. The lowest BCUT2D eigenvalue weighted by molar-refractivity contribution is -0.137. The van der Waals surface area contributed by atoms with E-state index in [2.05, 4.69) is 33.8 Å². The van der Waals surface area contributed by atoms with Crippen LogP contribution in [0.4, 0.5) is 0 Å². The van der Waals surface area contributed by atoms with Crippen LogP contribution in [0, 0.1) is 6.92 Å². The van der Waals surface area contributed by atoms with Gasteiger partial charge in [0.15, 0.2) is 5.78 Å². The van der Waals surface area contributed by atoms with Crippen molar-refractivity contribution in [3.63, 3.8) is 0 Å². The van der Waals surface area contributed by atoms with E-state index in [0.29, 0.717) is 18.1 Å². The van der Waals surface area contributed by atoms with Crippen LogP contribution in [-0.4, -0.2) is 18.4 Å². The Morgan fingerprint density at radius 3 is 2.29 bits per heavy atom. The van der Waals surface area contributed by atoms with Crippen LogP contribution in [0.5, 0.6) is 0 Å². The molecule has 0 aromatic heterocycles. The molecule has 0 saturated heterocycles. The van der Waals surface area contributed by atoms with Crippen LogP contribution in [0.15, 0.2) is 42.5 Å². The first-order valence-corrected chi connectivity index (χ1v) is 9.88. The number of esters is 1. The first-order chi connectivity index (χ1) is 13.2. The second kappa shape index (κ2) is 9.50. The first-order valence-electron chi connectivity index (χ1n) is 9.88. The van der Waals surface area contributed by atoms with Gasteiger partial charge in [-0.2, -0.15) is 0 Å². The van der Waals surface area contributed by atoms with Crippen molar-refractivity contribution in [2.24, 2.45) is 0 Å². The molecule has 0 radical (unpaired) electrons. The Kier molecular flexibility index (Phi) is 7.33. The van der Waals surface area contributed by atoms with Crippen molar-refractivity contribution in [1.82, 2.24) is 0 Å².